The summed E-state index contributed by atoms with van der Waals surface area (Å²) in [5.74, 6) is 0. The van der Waals surface area contributed by atoms with Crippen molar-refractivity contribution in [3.63, 3.8) is 0 Å². The van der Waals surface area contributed by atoms with Gasteiger partial charge in [-0.1, -0.05) is 51.9 Å². The second-order valence-electron chi connectivity index (χ2n) is 4.70. The second kappa shape index (κ2) is 10.8. The van der Waals surface area contributed by atoms with Crippen molar-refractivity contribution in [3.05, 3.63) is 0 Å². The van der Waals surface area contributed by atoms with Gasteiger partial charge in [-0.05, 0) is 25.8 Å². The minimum atomic E-state index is 0. The van der Waals surface area contributed by atoms with E-state index < -0.39 is 0 Å². The molecule has 0 aromatic carbocycles. The molecule has 0 atom stereocenters. The highest BCUT2D eigenvalue weighted by molar-refractivity contribution is 5.85. The zero-order valence-corrected chi connectivity index (χ0v) is 11.1. The lowest BCUT2D eigenvalue weighted by molar-refractivity contribution is 0.370. The lowest BCUT2D eigenvalue weighted by Gasteiger charge is -2.22. The first-order valence-corrected chi connectivity index (χ1v) is 6.67. The van der Waals surface area contributed by atoms with Crippen molar-refractivity contribution in [3.8, 4) is 0 Å². The van der Waals surface area contributed by atoms with Gasteiger partial charge in [-0.25, -0.2) is 0 Å². The van der Waals surface area contributed by atoms with E-state index in [1.807, 2.05) is 0 Å². The molecule has 0 amide bonds. The van der Waals surface area contributed by atoms with E-state index in [9.17, 15) is 0 Å². The van der Waals surface area contributed by atoms with Crippen LogP contribution in [0.2, 0.25) is 0 Å². The minimum absolute atomic E-state index is 0. The fourth-order valence-electron chi connectivity index (χ4n) is 2.34. The van der Waals surface area contributed by atoms with Crippen LogP contribution in [-0.2, 0) is 0 Å². The molecule has 1 N–H and O–H groups in total. The van der Waals surface area contributed by atoms with Gasteiger partial charge in [0.1, 0.15) is 0 Å². The first-order valence-electron chi connectivity index (χ1n) is 6.67. The predicted octanol–water partition coefficient (Wildman–Crippen LogP) is 4.30. The molecule has 0 aromatic rings. The fourth-order valence-corrected chi connectivity index (χ4v) is 2.34. The molecule has 0 bridgehead atoms. The van der Waals surface area contributed by atoms with Crippen LogP contribution in [0.5, 0.6) is 0 Å². The zero-order valence-electron chi connectivity index (χ0n) is 10.3. The Bertz CT molecular complexity index is 122. The highest BCUT2D eigenvalue weighted by Crippen LogP contribution is 2.17. The Morgan fingerprint density at radius 2 is 1.60 bits per heavy atom. The maximum Gasteiger partial charge on any atom is 0.00670 e. The molecule has 1 aliphatic rings. The third-order valence-electron chi connectivity index (χ3n) is 3.32. The van der Waals surface area contributed by atoms with Gasteiger partial charge >= 0.3 is 0 Å². The zero-order chi connectivity index (χ0) is 10.1. The molecule has 15 heavy (non-hydrogen) atoms. The Morgan fingerprint density at radius 1 is 0.933 bits per heavy atom. The summed E-state index contributed by atoms with van der Waals surface area (Å²) in [7, 11) is 0. The molecule has 92 valence electrons. The van der Waals surface area contributed by atoms with E-state index in [0.717, 1.165) is 6.04 Å². The molecule has 0 heterocycles. The molecule has 1 aliphatic carbocycles. The lowest BCUT2D eigenvalue weighted by Crippen LogP contribution is -2.31. The van der Waals surface area contributed by atoms with Gasteiger partial charge in [-0.15, -0.1) is 12.4 Å². The van der Waals surface area contributed by atoms with Gasteiger partial charge in [-0.2, -0.15) is 0 Å². The summed E-state index contributed by atoms with van der Waals surface area (Å²) in [6.45, 7) is 3.54. The SMILES string of the molecule is CCCCCCCNC1CCCCC1.Cl. The smallest absolute Gasteiger partial charge is 0.00670 e. The van der Waals surface area contributed by atoms with Gasteiger partial charge in [0.15, 0.2) is 0 Å². The topological polar surface area (TPSA) is 12.0 Å². The van der Waals surface area contributed by atoms with Crippen molar-refractivity contribution in [2.45, 2.75) is 77.2 Å². The molecular formula is C13H28ClN. The van der Waals surface area contributed by atoms with E-state index in [1.165, 1.54) is 70.8 Å². The quantitative estimate of drug-likeness (QED) is 0.647. The van der Waals surface area contributed by atoms with Crippen LogP contribution in [0.15, 0.2) is 0 Å². The van der Waals surface area contributed by atoms with Gasteiger partial charge in [0.05, 0.1) is 0 Å². The summed E-state index contributed by atoms with van der Waals surface area (Å²) < 4.78 is 0. The highest BCUT2D eigenvalue weighted by atomic mass is 35.5. The molecule has 0 aliphatic heterocycles. The van der Waals surface area contributed by atoms with E-state index in [0.29, 0.717) is 0 Å². The van der Waals surface area contributed by atoms with E-state index in [-0.39, 0.29) is 12.4 Å². The number of nitrogens with one attached hydrogen (secondary N) is 1. The van der Waals surface area contributed by atoms with Crippen LogP contribution >= 0.6 is 12.4 Å². The Morgan fingerprint density at radius 3 is 2.27 bits per heavy atom. The van der Waals surface area contributed by atoms with Gasteiger partial charge in [0.25, 0.3) is 0 Å². The van der Waals surface area contributed by atoms with Crippen molar-refractivity contribution in [2.24, 2.45) is 0 Å². The number of unbranched alkanes of at least 4 members (excludes halogenated alkanes) is 4. The largest absolute Gasteiger partial charge is 0.314 e. The monoisotopic (exact) mass is 233 g/mol. The summed E-state index contributed by atoms with van der Waals surface area (Å²) in [6, 6.07) is 0.856. The summed E-state index contributed by atoms with van der Waals surface area (Å²) in [4.78, 5) is 0. The summed E-state index contributed by atoms with van der Waals surface area (Å²) in [5.41, 5.74) is 0. The van der Waals surface area contributed by atoms with Crippen molar-refractivity contribution in [2.75, 3.05) is 6.54 Å². The molecule has 1 saturated carbocycles. The maximum atomic E-state index is 3.70. The standard InChI is InChI=1S/C13H27N.ClH/c1-2-3-4-5-9-12-14-13-10-7-6-8-11-13;/h13-14H,2-12H2,1H3;1H. The lowest BCUT2D eigenvalue weighted by atomic mass is 9.95. The van der Waals surface area contributed by atoms with E-state index in [1.54, 1.807) is 0 Å². The Kier molecular flexibility index (Phi) is 10.9. The van der Waals surface area contributed by atoms with Crippen molar-refractivity contribution < 1.29 is 0 Å². The van der Waals surface area contributed by atoms with Crippen molar-refractivity contribution in [1.82, 2.24) is 5.32 Å². The predicted molar refractivity (Wildman–Crippen MR) is 70.9 cm³/mol. The normalized spacial score (nSPS) is 17.4. The van der Waals surface area contributed by atoms with Crippen LogP contribution in [-0.4, -0.2) is 12.6 Å². The summed E-state index contributed by atoms with van der Waals surface area (Å²) in [5, 5.41) is 3.70. The third-order valence-corrected chi connectivity index (χ3v) is 3.32. The molecule has 2 heteroatoms. The van der Waals surface area contributed by atoms with Gasteiger partial charge in [0.2, 0.25) is 0 Å². The summed E-state index contributed by atoms with van der Waals surface area (Å²) in [6.07, 6.45) is 14.2. The molecule has 0 unspecified atom stereocenters. The van der Waals surface area contributed by atoms with E-state index >= 15 is 0 Å². The first kappa shape index (κ1) is 15.2. The van der Waals surface area contributed by atoms with Gasteiger partial charge in [0, 0.05) is 6.04 Å². The molecule has 0 aromatic heterocycles. The number of hydrogen-bond acceptors (Lipinski definition) is 1. The van der Waals surface area contributed by atoms with Gasteiger partial charge < -0.3 is 5.32 Å². The molecule has 1 rings (SSSR count). The van der Waals surface area contributed by atoms with Crippen LogP contribution in [0.25, 0.3) is 0 Å². The molecule has 1 fully saturated rings. The second-order valence-corrected chi connectivity index (χ2v) is 4.70. The highest BCUT2D eigenvalue weighted by Gasteiger charge is 2.11. The molecular weight excluding hydrogens is 206 g/mol. The van der Waals surface area contributed by atoms with Gasteiger partial charge in [-0.3, -0.25) is 0 Å². The Balaban J connectivity index is 0.00000196. The van der Waals surface area contributed by atoms with E-state index in [4.69, 9.17) is 0 Å². The van der Waals surface area contributed by atoms with Crippen molar-refractivity contribution >= 4 is 12.4 Å². The number of hydrogen-bond donors (Lipinski definition) is 1. The van der Waals surface area contributed by atoms with Crippen LogP contribution in [0, 0.1) is 0 Å². The number of halogens is 1. The Labute approximate surface area is 102 Å². The maximum absolute atomic E-state index is 3.70. The third kappa shape index (κ3) is 8.10. The van der Waals surface area contributed by atoms with Crippen LogP contribution in [0.3, 0.4) is 0 Å². The molecule has 0 radical (unpaired) electrons. The molecule has 0 spiro atoms. The molecule has 1 nitrogen and oxygen atoms in total. The number of rotatable bonds is 7. The van der Waals surface area contributed by atoms with Crippen LogP contribution < -0.4 is 5.32 Å². The Hall–Kier alpha value is 0.250. The minimum Gasteiger partial charge on any atom is -0.314 e. The van der Waals surface area contributed by atoms with Crippen LogP contribution in [0.4, 0.5) is 0 Å². The average Bonchev–Trinajstić information content (AvgIpc) is 2.25. The van der Waals surface area contributed by atoms with Crippen molar-refractivity contribution in [1.29, 1.82) is 0 Å². The average molecular weight is 234 g/mol. The van der Waals surface area contributed by atoms with Crippen LogP contribution in [0.1, 0.15) is 71.1 Å². The first-order chi connectivity index (χ1) is 6.93. The molecule has 0 saturated heterocycles. The summed E-state index contributed by atoms with van der Waals surface area (Å²) >= 11 is 0. The fraction of sp³-hybridized carbons (Fsp3) is 1.00. The van der Waals surface area contributed by atoms with E-state index in [2.05, 4.69) is 12.2 Å².